The van der Waals surface area contributed by atoms with Gasteiger partial charge in [-0.3, -0.25) is 4.90 Å². The molecule has 0 bridgehead atoms. The predicted molar refractivity (Wildman–Crippen MR) is 366 cm³/mol. The summed E-state index contributed by atoms with van der Waals surface area (Å²) in [5.74, 6) is 2.55. The van der Waals surface area contributed by atoms with Crippen molar-refractivity contribution >= 4 is 0 Å². The molecule has 3 fully saturated rings. The van der Waals surface area contributed by atoms with Gasteiger partial charge in [-0.15, -0.1) is 6.42 Å². The molecule has 3 saturated heterocycles. The van der Waals surface area contributed by atoms with Gasteiger partial charge in [0.1, 0.15) is 0 Å². The Hall–Kier alpha value is -1.24. The molecule has 0 aromatic rings. The van der Waals surface area contributed by atoms with Gasteiger partial charge in [-0.1, -0.05) is 33.1 Å². The summed E-state index contributed by atoms with van der Waals surface area (Å²) >= 11 is 0. The van der Waals surface area contributed by atoms with Crippen LogP contribution in [0.3, 0.4) is 0 Å². The van der Waals surface area contributed by atoms with Gasteiger partial charge in [0.05, 0.1) is 72.1 Å². The molecule has 0 aromatic heterocycles. The largest absolute Gasteiger partial charge is 0.383 e. The number of methoxy groups -OCH3 is 10. The third kappa shape index (κ3) is 89.3. The topological polar surface area (TPSA) is 125 Å². The highest BCUT2D eigenvalue weighted by Gasteiger charge is 2.12. The first-order chi connectivity index (χ1) is 40.6. The standard InChI is InChI=1S/C8H17NO.C7H15NO.C7H17NO.C7H13NO.C7H17NO.C6H13NO.3C6H15NO.C5H13NO/c1-10-8-7-9-5-3-2-4-6-9;1-9-7-6-8-4-2-3-5-8;1-7(2)8(3)5-6-9-4;1-4-5-8(2)6-7-9-3;1-4-8(5-2)6-7-9-3;1-8-6-5-7-3-2-4-7;1-6(5-8-4)7(2)3;1-6(8-4)5-7(2)3;1-4-7(2)5-6-8-3;1-6(2)4-5-7-3/h2-8H2,1H3;2-7H2,1H3;7H,5-6H2,1-4H3;1H,5-7H2,2-3H3;4-7H2,1-3H3;2-6H2,1H3;2*6H,5H2,1-4H3;4-6H2,1-3H3;4-5H2,1-3H3. The van der Waals surface area contributed by atoms with E-state index in [1.165, 1.54) is 77.8 Å². The Bertz CT molecular complexity index is 1180. The minimum Gasteiger partial charge on any atom is -0.383 e. The fourth-order valence-corrected chi connectivity index (χ4v) is 6.85. The lowest BCUT2D eigenvalue weighted by Gasteiger charge is -2.29. The summed E-state index contributed by atoms with van der Waals surface area (Å²) in [7, 11) is 35.7. The summed E-state index contributed by atoms with van der Waals surface area (Å²) in [6.45, 7) is 43.7. The lowest BCUT2D eigenvalue weighted by molar-refractivity contribution is 0.0929. The van der Waals surface area contributed by atoms with Gasteiger partial charge in [0.25, 0.3) is 0 Å². The maximum atomic E-state index is 5.07. The van der Waals surface area contributed by atoms with Gasteiger partial charge < -0.3 is 91.5 Å². The Kier molecular flexibility index (Phi) is 92.5. The lowest BCUT2D eigenvalue weighted by Crippen LogP contribution is -2.39. The smallest absolute Gasteiger partial charge is 0.0669 e. The van der Waals surface area contributed by atoms with Crippen LogP contribution >= 0.6 is 0 Å². The van der Waals surface area contributed by atoms with Gasteiger partial charge in [0.15, 0.2) is 0 Å². The molecule has 0 saturated carbocycles. The minimum atomic E-state index is 0.352. The summed E-state index contributed by atoms with van der Waals surface area (Å²) < 4.78 is 49.2. The summed E-state index contributed by atoms with van der Waals surface area (Å²) in [5, 5.41) is 0. The molecule has 0 N–H and O–H groups in total. The number of terminal acetylenes is 1. The molecule has 0 aromatic carbocycles. The summed E-state index contributed by atoms with van der Waals surface area (Å²) in [6.07, 6.45) is 13.7. The Morgan fingerprint density at radius 3 is 1.04 bits per heavy atom. The van der Waals surface area contributed by atoms with Gasteiger partial charge >= 0.3 is 0 Å². The molecule has 3 rings (SSSR count). The zero-order valence-corrected chi connectivity index (χ0v) is 61.4. The molecule has 3 heterocycles. The van der Waals surface area contributed by atoms with E-state index in [0.29, 0.717) is 24.7 Å². The number of ether oxygens (including phenoxy) is 10. The number of hydrogen-bond donors (Lipinski definition) is 0. The van der Waals surface area contributed by atoms with Crippen molar-refractivity contribution in [2.45, 2.75) is 105 Å². The van der Waals surface area contributed by atoms with Crippen LogP contribution in [-0.2, 0) is 47.4 Å². The summed E-state index contributed by atoms with van der Waals surface area (Å²) in [4.78, 5) is 22.5. The van der Waals surface area contributed by atoms with Crippen molar-refractivity contribution < 1.29 is 47.4 Å². The second kappa shape index (κ2) is 80.8. The van der Waals surface area contributed by atoms with Crippen LogP contribution in [0.15, 0.2) is 0 Å². The Balaban J connectivity index is -0.000000159. The molecule has 20 heteroatoms. The third-order valence-electron chi connectivity index (χ3n) is 13.8. The molecule has 0 aliphatic carbocycles. The highest BCUT2D eigenvalue weighted by molar-refractivity contribution is 4.87. The second-order valence-corrected chi connectivity index (χ2v) is 22.4. The average Bonchev–Trinajstić information content (AvgIpc) is 4.01. The van der Waals surface area contributed by atoms with E-state index in [-0.39, 0.29) is 0 Å². The Morgan fingerprint density at radius 2 is 0.776 bits per heavy atom. The van der Waals surface area contributed by atoms with Crippen molar-refractivity contribution in [2.75, 3.05) is 318 Å². The van der Waals surface area contributed by atoms with Crippen LogP contribution in [0.25, 0.3) is 0 Å². The number of nitrogens with zero attached hydrogens (tertiary/aromatic N) is 10. The van der Waals surface area contributed by atoms with Gasteiger partial charge in [-0.05, 0) is 182 Å². The van der Waals surface area contributed by atoms with Gasteiger partial charge in [-0.25, -0.2) is 0 Å². The molecule has 2 unspecified atom stereocenters. The fraction of sp³-hybridized carbons (Fsp3) is 0.969. The van der Waals surface area contributed by atoms with Crippen LogP contribution in [0.2, 0.25) is 0 Å². The van der Waals surface area contributed by atoms with Gasteiger partial charge in [-0.2, -0.15) is 0 Å². The SMILES string of the molecule is C#CCN(C)CCOC.CCN(C)CCOC.CCN(CC)CCOC.COC(C)CN(C)C.COCC(C)N(C)C.COCCN(C)C.COCCN(C)C(C)C.COCCN1CCC1.COCCN1CCCC1.COCCN1CCCCC1. The maximum absolute atomic E-state index is 5.07. The molecule has 0 amide bonds. The van der Waals surface area contributed by atoms with Gasteiger partial charge in [0.2, 0.25) is 0 Å². The highest BCUT2D eigenvalue weighted by atomic mass is 16.5. The Morgan fingerprint density at radius 1 is 0.412 bits per heavy atom. The van der Waals surface area contributed by atoms with Crippen LogP contribution in [0.4, 0.5) is 0 Å². The summed E-state index contributed by atoms with van der Waals surface area (Å²) in [5.41, 5.74) is 0. The first-order valence-electron chi connectivity index (χ1n) is 31.9. The zero-order chi connectivity index (χ0) is 66.3. The zero-order valence-electron chi connectivity index (χ0n) is 61.4. The van der Waals surface area contributed by atoms with Gasteiger partial charge in [0, 0.05) is 142 Å². The van der Waals surface area contributed by atoms with Crippen molar-refractivity contribution in [3.63, 3.8) is 0 Å². The van der Waals surface area contributed by atoms with E-state index in [0.717, 1.165) is 138 Å². The normalized spacial score (nSPS) is 14.6. The molecule has 2 atom stereocenters. The first kappa shape index (κ1) is 97.4. The second-order valence-electron chi connectivity index (χ2n) is 22.4. The van der Waals surface area contributed by atoms with Crippen molar-refractivity contribution in [1.29, 1.82) is 0 Å². The van der Waals surface area contributed by atoms with Crippen LogP contribution in [0.1, 0.15) is 87.0 Å². The molecular weight excluding hydrogens is 1080 g/mol. The van der Waals surface area contributed by atoms with E-state index in [2.05, 4.69) is 113 Å². The predicted octanol–water partition coefficient (Wildman–Crippen LogP) is 6.28. The molecule has 3 aliphatic heterocycles. The number of rotatable bonds is 35. The van der Waals surface area contributed by atoms with Crippen LogP contribution in [0.5, 0.6) is 0 Å². The Labute approximate surface area is 530 Å². The van der Waals surface area contributed by atoms with Crippen molar-refractivity contribution in [2.24, 2.45) is 0 Å². The fourth-order valence-electron chi connectivity index (χ4n) is 6.85. The molecule has 3 aliphatic rings. The molecular formula is C65H150N10O10. The lowest BCUT2D eigenvalue weighted by atomic mass is 10.1. The van der Waals surface area contributed by atoms with Crippen LogP contribution < -0.4 is 0 Å². The average molecular weight is 1230 g/mol. The van der Waals surface area contributed by atoms with Crippen LogP contribution in [-0.4, -0.2) is 386 Å². The van der Waals surface area contributed by atoms with Crippen molar-refractivity contribution in [1.82, 2.24) is 49.0 Å². The van der Waals surface area contributed by atoms with E-state index in [1.54, 1.807) is 71.1 Å². The van der Waals surface area contributed by atoms with E-state index in [1.807, 2.05) is 54.2 Å². The van der Waals surface area contributed by atoms with E-state index < -0.39 is 0 Å². The quantitative estimate of drug-likeness (QED) is 0.0662. The van der Waals surface area contributed by atoms with E-state index in [4.69, 9.17) is 53.8 Å². The molecule has 0 spiro atoms. The maximum Gasteiger partial charge on any atom is 0.0669 e. The first-order valence-corrected chi connectivity index (χ1v) is 31.9. The number of hydrogen-bond acceptors (Lipinski definition) is 20. The highest BCUT2D eigenvalue weighted by Crippen LogP contribution is 2.08. The third-order valence-corrected chi connectivity index (χ3v) is 13.8. The monoisotopic (exact) mass is 1230 g/mol. The van der Waals surface area contributed by atoms with Crippen molar-refractivity contribution in [3.8, 4) is 12.3 Å². The van der Waals surface area contributed by atoms with Crippen LogP contribution in [0, 0.1) is 12.3 Å². The van der Waals surface area contributed by atoms with E-state index in [9.17, 15) is 0 Å². The molecule has 85 heavy (non-hydrogen) atoms. The minimum absolute atomic E-state index is 0.352. The number of likely N-dealkylation sites (tertiary alicyclic amines) is 3. The summed E-state index contributed by atoms with van der Waals surface area (Å²) in [6, 6.07) is 1.15. The molecule has 20 nitrogen and oxygen atoms in total. The number of likely N-dealkylation sites (N-methyl/N-ethyl adjacent to an activating group) is 7. The number of piperidine rings is 1. The van der Waals surface area contributed by atoms with E-state index >= 15 is 0 Å². The molecule has 520 valence electrons. The van der Waals surface area contributed by atoms with Crippen molar-refractivity contribution in [3.05, 3.63) is 0 Å². The molecule has 0 radical (unpaired) electrons.